The maximum atomic E-state index is 2.33. The van der Waals surface area contributed by atoms with Crippen LogP contribution in [0.5, 0.6) is 0 Å². The van der Waals surface area contributed by atoms with Crippen molar-refractivity contribution in [3.8, 4) is 0 Å². The fourth-order valence-electron chi connectivity index (χ4n) is 2.03. The standard InChI is InChI=1S/C17H24/c1-6-11-17(4,5)13-16-10-8-7-9-15(16)12-14(2)3/h6-14H,1-5H3/b11-6-,15-12-,16-13-. The Morgan fingerprint density at radius 1 is 1.06 bits per heavy atom. The molecule has 0 aliphatic heterocycles. The third-order valence-corrected chi connectivity index (χ3v) is 2.63. The average molecular weight is 228 g/mol. The SMILES string of the molecule is C/C=C\C(C)(C)/C=c1/cccc/c1=C/C(C)C. The Morgan fingerprint density at radius 3 is 2.18 bits per heavy atom. The van der Waals surface area contributed by atoms with Crippen LogP contribution in [0.25, 0.3) is 12.2 Å². The molecular weight excluding hydrogens is 204 g/mol. The fraction of sp³-hybridized carbons (Fsp3) is 0.412. The van der Waals surface area contributed by atoms with Crippen LogP contribution in [0.4, 0.5) is 0 Å². The Bertz CT molecular complexity index is 487. The molecule has 17 heavy (non-hydrogen) atoms. The largest absolute Gasteiger partial charge is 0.0908 e. The van der Waals surface area contributed by atoms with E-state index in [0.29, 0.717) is 5.92 Å². The summed E-state index contributed by atoms with van der Waals surface area (Å²) in [5.41, 5.74) is 0.107. The van der Waals surface area contributed by atoms with Crippen LogP contribution in [0.2, 0.25) is 0 Å². The Kier molecular flexibility index (Phi) is 4.74. The van der Waals surface area contributed by atoms with Crippen LogP contribution < -0.4 is 10.4 Å². The average Bonchev–Trinajstić information content (AvgIpc) is 2.19. The first-order valence-electron chi connectivity index (χ1n) is 6.38. The fourth-order valence-corrected chi connectivity index (χ4v) is 2.03. The van der Waals surface area contributed by atoms with Gasteiger partial charge < -0.3 is 0 Å². The van der Waals surface area contributed by atoms with Gasteiger partial charge in [0.2, 0.25) is 0 Å². The smallest absolute Gasteiger partial charge is 0.00135 e. The molecule has 1 aromatic rings. The molecule has 0 heterocycles. The minimum atomic E-state index is 0.107. The Balaban J connectivity index is 3.37. The van der Waals surface area contributed by atoms with Gasteiger partial charge in [-0.2, -0.15) is 0 Å². The Hall–Kier alpha value is -1.30. The molecule has 0 aliphatic carbocycles. The first kappa shape index (κ1) is 13.8. The summed E-state index contributed by atoms with van der Waals surface area (Å²) in [6, 6.07) is 8.60. The number of allylic oxidation sites excluding steroid dienone is 2. The van der Waals surface area contributed by atoms with Gasteiger partial charge >= 0.3 is 0 Å². The van der Waals surface area contributed by atoms with Gasteiger partial charge in [0.05, 0.1) is 0 Å². The molecule has 92 valence electrons. The molecule has 0 saturated carbocycles. The molecule has 0 spiro atoms. The van der Waals surface area contributed by atoms with Crippen molar-refractivity contribution in [2.45, 2.75) is 34.6 Å². The second-order valence-electron chi connectivity index (χ2n) is 5.51. The van der Waals surface area contributed by atoms with Crippen molar-refractivity contribution < 1.29 is 0 Å². The van der Waals surface area contributed by atoms with E-state index in [1.165, 1.54) is 10.4 Å². The van der Waals surface area contributed by atoms with Crippen LogP contribution in [0.3, 0.4) is 0 Å². The van der Waals surface area contributed by atoms with Gasteiger partial charge in [-0.25, -0.2) is 0 Å². The third-order valence-electron chi connectivity index (χ3n) is 2.63. The lowest BCUT2D eigenvalue weighted by atomic mass is 9.91. The summed E-state index contributed by atoms with van der Waals surface area (Å²) in [4.78, 5) is 0. The molecule has 0 amide bonds. The minimum Gasteiger partial charge on any atom is -0.0908 e. The van der Waals surface area contributed by atoms with E-state index in [0.717, 1.165) is 0 Å². The summed E-state index contributed by atoms with van der Waals surface area (Å²) in [6.07, 6.45) is 9.00. The molecule has 0 unspecified atom stereocenters. The van der Waals surface area contributed by atoms with E-state index in [4.69, 9.17) is 0 Å². The maximum Gasteiger partial charge on any atom is 0.00135 e. The Morgan fingerprint density at radius 2 is 1.65 bits per heavy atom. The van der Waals surface area contributed by atoms with Gasteiger partial charge in [0.15, 0.2) is 0 Å². The predicted octanol–water partition coefficient (Wildman–Crippen LogP) is 3.51. The topological polar surface area (TPSA) is 0 Å². The van der Waals surface area contributed by atoms with Gasteiger partial charge in [-0.05, 0) is 23.3 Å². The van der Waals surface area contributed by atoms with Crippen LogP contribution in [-0.2, 0) is 0 Å². The molecule has 0 heteroatoms. The molecule has 0 bridgehead atoms. The lowest BCUT2D eigenvalue weighted by molar-refractivity contribution is 0.668. The summed E-state index contributed by atoms with van der Waals surface area (Å²) >= 11 is 0. The number of hydrogen-bond donors (Lipinski definition) is 0. The summed E-state index contributed by atoms with van der Waals surface area (Å²) in [7, 11) is 0. The molecule has 0 saturated heterocycles. The summed E-state index contributed by atoms with van der Waals surface area (Å²) in [5.74, 6) is 0.578. The predicted molar refractivity (Wildman–Crippen MR) is 78.1 cm³/mol. The molecule has 0 fully saturated rings. The van der Waals surface area contributed by atoms with Crippen molar-refractivity contribution in [1.29, 1.82) is 0 Å². The van der Waals surface area contributed by atoms with Gasteiger partial charge in [-0.1, -0.05) is 76.3 Å². The quantitative estimate of drug-likeness (QED) is 0.695. The van der Waals surface area contributed by atoms with E-state index in [1.807, 2.05) is 0 Å². The first-order valence-corrected chi connectivity index (χ1v) is 6.38. The third kappa shape index (κ3) is 4.60. The van der Waals surface area contributed by atoms with Gasteiger partial charge in [-0.15, -0.1) is 0 Å². The molecule has 0 aromatic heterocycles. The van der Waals surface area contributed by atoms with Gasteiger partial charge in [0, 0.05) is 5.41 Å². The van der Waals surface area contributed by atoms with Crippen molar-refractivity contribution in [1.82, 2.24) is 0 Å². The zero-order valence-electron chi connectivity index (χ0n) is 11.7. The molecule has 0 nitrogen and oxygen atoms in total. The van der Waals surface area contributed by atoms with Crippen LogP contribution >= 0.6 is 0 Å². The summed E-state index contributed by atoms with van der Waals surface area (Å²) in [6.45, 7) is 11.0. The minimum absolute atomic E-state index is 0.107. The highest BCUT2D eigenvalue weighted by atomic mass is 14.1. The van der Waals surface area contributed by atoms with E-state index in [-0.39, 0.29) is 5.41 Å². The zero-order chi connectivity index (χ0) is 12.9. The second kappa shape index (κ2) is 5.86. The molecule has 1 aromatic carbocycles. The zero-order valence-corrected chi connectivity index (χ0v) is 11.7. The van der Waals surface area contributed by atoms with Crippen molar-refractivity contribution >= 4 is 12.2 Å². The highest BCUT2D eigenvalue weighted by molar-refractivity contribution is 5.39. The highest BCUT2D eigenvalue weighted by Crippen LogP contribution is 2.18. The van der Waals surface area contributed by atoms with E-state index in [1.54, 1.807) is 0 Å². The van der Waals surface area contributed by atoms with Crippen LogP contribution in [0.15, 0.2) is 36.4 Å². The maximum absolute atomic E-state index is 2.33. The Labute approximate surface area is 105 Å². The van der Waals surface area contributed by atoms with E-state index in [9.17, 15) is 0 Å². The second-order valence-corrected chi connectivity index (χ2v) is 5.51. The van der Waals surface area contributed by atoms with Crippen LogP contribution in [0, 0.1) is 11.3 Å². The first-order chi connectivity index (χ1) is 7.94. The van der Waals surface area contributed by atoms with E-state index < -0.39 is 0 Å². The molecule has 0 aliphatic rings. The molecule has 0 N–H and O–H groups in total. The number of benzene rings is 1. The molecule has 0 atom stereocenters. The van der Waals surface area contributed by atoms with Crippen molar-refractivity contribution in [2.75, 3.05) is 0 Å². The lowest BCUT2D eigenvalue weighted by Crippen LogP contribution is -2.27. The number of hydrogen-bond acceptors (Lipinski definition) is 0. The molecule has 0 radical (unpaired) electrons. The number of rotatable bonds is 3. The molecular formula is C17H24. The van der Waals surface area contributed by atoms with Crippen LogP contribution in [0.1, 0.15) is 34.6 Å². The van der Waals surface area contributed by atoms with E-state index in [2.05, 4.69) is 83.2 Å². The van der Waals surface area contributed by atoms with Gasteiger partial charge in [0.1, 0.15) is 0 Å². The monoisotopic (exact) mass is 228 g/mol. The van der Waals surface area contributed by atoms with Crippen molar-refractivity contribution in [2.24, 2.45) is 11.3 Å². The molecule has 1 rings (SSSR count). The van der Waals surface area contributed by atoms with Crippen molar-refractivity contribution in [3.05, 3.63) is 46.9 Å². The summed E-state index contributed by atoms with van der Waals surface area (Å²) < 4.78 is 0. The van der Waals surface area contributed by atoms with Gasteiger partial charge in [-0.3, -0.25) is 0 Å². The summed E-state index contributed by atoms with van der Waals surface area (Å²) in [5, 5.41) is 2.66. The van der Waals surface area contributed by atoms with E-state index >= 15 is 0 Å². The normalized spacial score (nSPS) is 15.2. The highest BCUT2D eigenvalue weighted by Gasteiger charge is 2.08. The van der Waals surface area contributed by atoms with Gasteiger partial charge in [0.25, 0.3) is 0 Å². The lowest BCUT2D eigenvalue weighted by Gasteiger charge is -2.14. The van der Waals surface area contributed by atoms with Crippen molar-refractivity contribution in [3.63, 3.8) is 0 Å². The van der Waals surface area contributed by atoms with Crippen LogP contribution in [-0.4, -0.2) is 0 Å².